The zero-order valence-corrected chi connectivity index (χ0v) is 23.3. The lowest BCUT2D eigenvalue weighted by atomic mass is 9.58. The van der Waals surface area contributed by atoms with Gasteiger partial charge in [0.1, 0.15) is 22.8 Å². The SMILES string of the molecule is CN(C)C(=O)C(=O)Nc1cc(N(C)C)c2c(c1O)CC1=C(O)C3(O)C(=O)C(C(N)=O)=C(O)[C@@H](N(C)C)C3CC1C2. The number of carbonyl (C=O) groups excluding carboxylic acids is 4. The Balaban J connectivity index is 1.87. The Hall–Kier alpha value is -4.10. The Morgan fingerprint density at radius 1 is 1.05 bits per heavy atom. The molecule has 4 rings (SSSR count). The van der Waals surface area contributed by atoms with Crippen LogP contribution in [0.4, 0.5) is 11.4 Å². The fourth-order valence-corrected chi connectivity index (χ4v) is 6.27. The normalized spacial score (nSPS) is 25.7. The van der Waals surface area contributed by atoms with E-state index in [1.165, 1.54) is 14.1 Å². The smallest absolute Gasteiger partial charge is 0.313 e. The summed E-state index contributed by atoms with van der Waals surface area (Å²) in [6.07, 6.45) is 0.387. The summed E-state index contributed by atoms with van der Waals surface area (Å²) in [7, 11) is 9.62. The molecule has 0 heterocycles. The number of benzene rings is 1. The minimum Gasteiger partial charge on any atom is -0.510 e. The first-order valence-electron chi connectivity index (χ1n) is 12.7. The molecule has 0 aromatic heterocycles. The van der Waals surface area contributed by atoms with Gasteiger partial charge in [0.25, 0.3) is 5.91 Å². The lowest BCUT2D eigenvalue weighted by Gasteiger charge is -2.50. The quantitative estimate of drug-likeness (QED) is 0.161. The van der Waals surface area contributed by atoms with Gasteiger partial charge in [-0.1, -0.05) is 0 Å². The van der Waals surface area contributed by atoms with Gasteiger partial charge in [-0.15, -0.1) is 0 Å². The molecule has 0 spiro atoms. The number of hydrogen-bond donors (Lipinski definition) is 6. The molecule has 3 amide bonds. The number of ketones is 1. The highest BCUT2D eigenvalue weighted by Crippen LogP contribution is 2.53. The Kier molecular flexibility index (Phi) is 7.10. The first-order valence-corrected chi connectivity index (χ1v) is 12.7. The number of nitrogens with two attached hydrogens (primary N) is 1. The summed E-state index contributed by atoms with van der Waals surface area (Å²) in [6, 6.07) is 0.576. The van der Waals surface area contributed by atoms with E-state index in [0.29, 0.717) is 17.7 Å². The number of carbonyl (C=O) groups is 4. The van der Waals surface area contributed by atoms with Gasteiger partial charge in [-0.3, -0.25) is 24.1 Å². The van der Waals surface area contributed by atoms with Gasteiger partial charge in [0.05, 0.1) is 11.7 Å². The second-order valence-electron chi connectivity index (χ2n) is 11.2. The standard InChI is InChI=1S/C27H35N5O8/c1-30(2)17-10-16(29-25(38)26(39)32(5)6)20(33)14-9-12-11(7-13(14)17)8-15-19(31(3)4)21(34)18(24(28)37)23(36)27(15,40)22(12)35/h10-11,15,19,33-35,40H,7-9H2,1-6H3,(H2,28,37)(H,29,38)/t11?,15?,19-,27?/m0/s1. The van der Waals surface area contributed by atoms with Crippen molar-refractivity contribution in [2.24, 2.45) is 17.6 Å². The van der Waals surface area contributed by atoms with Crippen molar-refractivity contribution in [2.75, 3.05) is 52.5 Å². The summed E-state index contributed by atoms with van der Waals surface area (Å²) >= 11 is 0. The van der Waals surface area contributed by atoms with E-state index in [9.17, 15) is 39.6 Å². The van der Waals surface area contributed by atoms with E-state index in [1.807, 2.05) is 0 Å². The van der Waals surface area contributed by atoms with Crippen molar-refractivity contribution in [3.05, 3.63) is 39.9 Å². The summed E-state index contributed by atoms with van der Waals surface area (Å²) < 4.78 is 0. The number of fused-ring (bicyclic) bond motifs is 3. The third kappa shape index (κ3) is 4.16. The van der Waals surface area contributed by atoms with Crippen LogP contribution in [0.15, 0.2) is 28.7 Å². The Morgan fingerprint density at radius 2 is 1.68 bits per heavy atom. The zero-order chi connectivity index (χ0) is 30.0. The summed E-state index contributed by atoms with van der Waals surface area (Å²) in [5.41, 5.74) is 4.09. The second kappa shape index (κ2) is 9.82. The van der Waals surface area contributed by atoms with Crippen molar-refractivity contribution < 1.29 is 39.6 Å². The van der Waals surface area contributed by atoms with Crippen LogP contribution in [-0.2, 0) is 32.0 Å². The number of nitrogens with zero attached hydrogens (tertiary/aromatic N) is 3. The van der Waals surface area contributed by atoms with E-state index >= 15 is 0 Å². The van der Waals surface area contributed by atoms with Crippen LogP contribution in [0.2, 0.25) is 0 Å². The number of Topliss-reactive ketones (excluding diaryl/α,β-unsaturated/α-hetero) is 1. The van der Waals surface area contributed by atoms with Crippen LogP contribution < -0.4 is 16.0 Å². The summed E-state index contributed by atoms with van der Waals surface area (Å²) in [4.78, 5) is 54.6. The maximum Gasteiger partial charge on any atom is 0.313 e. The molecule has 0 saturated heterocycles. The number of phenols is 1. The number of phenolic OH excluding ortho intramolecular Hbond substituents is 1. The van der Waals surface area contributed by atoms with Crippen molar-refractivity contribution >= 4 is 34.9 Å². The molecule has 0 saturated carbocycles. The zero-order valence-electron chi connectivity index (χ0n) is 23.3. The molecular formula is C27H35N5O8. The summed E-state index contributed by atoms with van der Waals surface area (Å²) in [6.45, 7) is 0. The summed E-state index contributed by atoms with van der Waals surface area (Å²) in [5.74, 6) is -7.09. The number of primary amides is 1. The minimum atomic E-state index is -2.53. The van der Waals surface area contributed by atoms with Gasteiger partial charge in [-0.05, 0) is 50.1 Å². The Morgan fingerprint density at radius 3 is 2.20 bits per heavy atom. The van der Waals surface area contributed by atoms with Crippen molar-refractivity contribution in [1.82, 2.24) is 9.80 Å². The topological polar surface area (TPSA) is 197 Å². The van der Waals surface area contributed by atoms with Crippen molar-refractivity contribution in [3.8, 4) is 5.75 Å². The highest BCUT2D eigenvalue weighted by Gasteiger charge is 2.62. The number of anilines is 2. The number of aliphatic hydroxyl groups is 3. The van der Waals surface area contributed by atoms with Gasteiger partial charge in [-0.2, -0.15) is 0 Å². The molecule has 3 aliphatic carbocycles. The van der Waals surface area contributed by atoms with Crippen LogP contribution in [-0.4, -0.2) is 108 Å². The van der Waals surface area contributed by atoms with E-state index in [1.54, 1.807) is 44.1 Å². The average molecular weight is 558 g/mol. The average Bonchev–Trinajstić information content (AvgIpc) is 2.86. The lowest BCUT2D eigenvalue weighted by molar-refractivity contribution is -0.148. The number of allylic oxidation sites excluding steroid dienone is 1. The molecule has 4 atom stereocenters. The van der Waals surface area contributed by atoms with Gasteiger partial charge in [0, 0.05) is 51.8 Å². The molecular weight excluding hydrogens is 522 g/mol. The van der Waals surface area contributed by atoms with E-state index in [2.05, 4.69) is 5.32 Å². The largest absolute Gasteiger partial charge is 0.510 e. The first-order chi connectivity index (χ1) is 18.5. The fraction of sp³-hybridized carbons (Fsp3) is 0.481. The van der Waals surface area contributed by atoms with Crippen molar-refractivity contribution in [1.29, 1.82) is 0 Å². The van der Waals surface area contributed by atoms with Crippen LogP contribution in [0.3, 0.4) is 0 Å². The molecule has 40 heavy (non-hydrogen) atoms. The summed E-state index contributed by atoms with van der Waals surface area (Å²) in [5, 5.41) is 47.8. The van der Waals surface area contributed by atoms with Crippen LogP contribution in [0.1, 0.15) is 17.5 Å². The minimum absolute atomic E-state index is 0.0149. The number of amides is 3. The predicted molar refractivity (Wildman–Crippen MR) is 145 cm³/mol. The van der Waals surface area contributed by atoms with Gasteiger partial charge in [-0.25, -0.2) is 0 Å². The molecule has 7 N–H and O–H groups in total. The molecule has 216 valence electrons. The highest BCUT2D eigenvalue weighted by molar-refractivity contribution is 6.39. The molecule has 1 aromatic rings. The van der Waals surface area contributed by atoms with Crippen LogP contribution in [0.25, 0.3) is 0 Å². The maximum atomic E-state index is 13.4. The molecule has 0 aliphatic heterocycles. The van der Waals surface area contributed by atoms with E-state index in [0.717, 1.165) is 10.5 Å². The van der Waals surface area contributed by atoms with E-state index in [4.69, 9.17) is 5.73 Å². The molecule has 1 aromatic carbocycles. The molecule has 0 radical (unpaired) electrons. The number of aromatic hydroxyl groups is 1. The van der Waals surface area contributed by atoms with Gasteiger partial charge in [0.15, 0.2) is 5.60 Å². The number of likely N-dealkylation sites (N-methyl/N-ethyl adjacent to an activating group) is 2. The van der Waals surface area contributed by atoms with E-state index < -0.39 is 58.2 Å². The fourth-order valence-electron chi connectivity index (χ4n) is 6.27. The van der Waals surface area contributed by atoms with Crippen molar-refractivity contribution in [3.63, 3.8) is 0 Å². The van der Waals surface area contributed by atoms with Gasteiger partial charge >= 0.3 is 11.8 Å². The van der Waals surface area contributed by atoms with Crippen LogP contribution in [0.5, 0.6) is 5.75 Å². The van der Waals surface area contributed by atoms with Crippen LogP contribution >= 0.6 is 0 Å². The van der Waals surface area contributed by atoms with Crippen LogP contribution in [0, 0.1) is 11.8 Å². The third-order valence-corrected chi connectivity index (χ3v) is 8.17. The molecule has 0 fully saturated rings. The Bertz CT molecular complexity index is 1400. The number of hydrogen-bond acceptors (Lipinski definition) is 10. The predicted octanol–water partition coefficient (Wildman–Crippen LogP) is -0.427. The maximum absolute atomic E-state index is 13.4. The molecule has 13 heteroatoms. The number of aliphatic hydroxyl groups excluding tert-OH is 2. The second-order valence-corrected chi connectivity index (χ2v) is 11.2. The van der Waals surface area contributed by atoms with Crippen molar-refractivity contribution in [2.45, 2.75) is 30.9 Å². The molecule has 3 unspecified atom stereocenters. The third-order valence-electron chi connectivity index (χ3n) is 8.17. The van der Waals surface area contributed by atoms with E-state index in [-0.39, 0.29) is 35.8 Å². The molecule has 3 aliphatic rings. The first kappa shape index (κ1) is 28.9. The number of rotatable bonds is 4. The Labute approximate surface area is 231 Å². The molecule has 0 bridgehead atoms. The lowest BCUT2D eigenvalue weighted by Crippen LogP contribution is -2.63. The van der Waals surface area contributed by atoms with Gasteiger partial charge in [0.2, 0.25) is 5.78 Å². The number of nitrogens with one attached hydrogen (secondary N) is 1. The monoisotopic (exact) mass is 557 g/mol. The molecule has 13 nitrogen and oxygen atoms in total. The van der Waals surface area contributed by atoms with Gasteiger partial charge < -0.3 is 41.3 Å². The highest BCUT2D eigenvalue weighted by atomic mass is 16.3.